The molecule has 0 aliphatic rings. The molecule has 0 heterocycles. The minimum atomic E-state index is -0.392. The lowest BCUT2D eigenvalue weighted by molar-refractivity contribution is -0.383. The predicted octanol–water partition coefficient (Wildman–Crippen LogP) is 2.62. The molecule has 0 saturated carbocycles. The number of aliphatic hydroxyl groups excluding tert-OH is 1. The molecule has 0 fully saturated rings. The molecule has 0 spiro atoms. The van der Waals surface area contributed by atoms with Crippen LogP contribution in [0.2, 0.25) is 0 Å². The Balaban J connectivity index is 0. The van der Waals surface area contributed by atoms with Crippen molar-refractivity contribution in [2.24, 2.45) is 0 Å². The van der Waals surface area contributed by atoms with E-state index in [0.717, 1.165) is 31.9 Å². The molecule has 0 bridgehead atoms. The Bertz CT molecular complexity index is 488. The van der Waals surface area contributed by atoms with E-state index in [9.17, 15) is 15.2 Å². The summed E-state index contributed by atoms with van der Waals surface area (Å²) in [4.78, 5) is 15.0. The van der Waals surface area contributed by atoms with Crippen LogP contribution in [0.25, 0.3) is 0 Å². The fraction of sp³-hybridized carbons (Fsp3) is 0.600. The molecule has 1 aromatic carbocycles. The highest BCUT2D eigenvalue weighted by atomic mass is 35.5. The van der Waals surface area contributed by atoms with Gasteiger partial charge in [-0.15, -0.1) is 24.8 Å². The van der Waals surface area contributed by atoms with Crippen molar-refractivity contribution in [2.75, 3.05) is 56.6 Å². The lowest BCUT2D eigenvalue weighted by atomic mass is 10.2. The number of nitro groups is 1. The molecule has 0 amide bonds. The third kappa shape index (κ3) is 7.09. The molecule has 7 nitrogen and oxygen atoms in total. The van der Waals surface area contributed by atoms with Crippen LogP contribution in [-0.4, -0.2) is 61.3 Å². The maximum atomic E-state index is 11.2. The first kappa shape index (κ1) is 25.0. The molecule has 0 aliphatic heterocycles. The van der Waals surface area contributed by atoms with Gasteiger partial charge in [0.1, 0.15) is 5.69 Å². The molecule has 140 valence electrons. The van der Waals surface area contributed by atoms with Crippen LogP contribution in [0, 0.1) is 10.1 Å². The Kier molecular flexibility index (Phi) is 13.6. The van der Waals surface area contributed by atoms with E-state index in [0.29, 0.717) is 12.2 Å². The smallest absolute Gasteiger partial charge is 0.294 e. The van der Waals surface area contributed by atoms with Gasteiger partial charge in [0.15, 0.2) is 0 Å². The molecule has 0 saturated heterocycles. The number of aliphatic hydroxyl groups is 1. The maximum absolute atomic E-state index is 11.2. The zero-order valence-electron chi connectivity index (χ0n) is 14.4. The summed E-state index contributed by atoms with van der Waals surface area (Å²) >= 11 is 0. The van der Waals surface area contributed by atoms with Gasteiger partial charge in [-0.2, -0.15) is 0 Å². The van der Waals surface area contributed by atoms with E-state index < -0.39 is 4.92 Å². The van der Waals surface area contributed by atoms with E-state index in [-0.39, 0.29) is 37.1 Å². The monoisotopic (exact) mass is 382 g/mol. The van der Waals surface area contributed by atoms with E-state index in [1.807, 2.05) is 11.0 Å². The first-order valence-corrected chi connectivity index (χ1v) is 7.61. The molecule has 1 rings (SSSR count). The summed E-state index contributed by atoms with van der Waals surface area (Å²) in [6, 6.07) is 5.11. The van der Waals surface area contributed by atoms with Crippen LogP contribution in [-0.2, 0) is 0 Å². The highest BCUT2D eigenvalue weighted by Crippen LogP contribution is 2.29. The largest absolute Gasteiger partial charge is 0.395 e. The Morgan fingerprint density at radius 3 is 2.25 bits per heavy atom. The van der Waals surface area contributed by atoms with Gasteiger partial charge in [-0.1, -0.05) is 13.8 Å². The van der Waals surface area contributed by atoms with Crippen molar-refractivity contribution in [1.29, 1.82) is 0 Å². The lowest BCUT2D eigenvalue weighted by Crippen LogP contribution is -2.36. The van der Waals surface area contributed by atoms with E-state index in [1.165, 1.54) is 0 Å². The van der Waals surface area contributed by atoms with E-state index >= 15 is 0 Å². The van der Waals surface area contributed by atoms with Crippen LogP contribution in [0.5, 0.6) is 0 Å². The van der Waals surface area contributed by atoms with Crippen molar-refractivity contribution in [2.45, 2.75) is 13.8 Å². The van der Waals surface area contributed by atoms with Gasteiger partial charge in [-0.3, -0.25) is 10.1 Å². The van der Waals surface area contributed by atoms with Gasteiger partial charge in [-0.25, -0.2) is 0 Å². The third-order valence-corrected chi connectivity index (χ3v) is 3.76. The minimum absolute atomic E-state index is 0. The van der Waals surface area contributed by atoms with Crippen molar-refractivity contribution in [3.8, 4) is 0 Å². The second kappa shape index (κ2) is 13.1. The summed E-state index contributed by atoms with van der Waals surface area (Å²) in [6.45, 7) is 8.17. The van der Waals surface area contributed by atoms with Crippen molar-refractivity contribution in [3.63, 3.8) is 0 Å². The van der Waals surface area contributed by atoms with Gasteiger partial charge < -0.3 is 20.2 Å². The highest BCUT2D eigenvalue weighted by molar-refractivity contribution is 5.85. The summed E-state index contributed by atoms with van der Waals surface area (Å²) in [5.41, 5.74) is 1.29. The molecule has 1 aromatic rings. The summed E-state index contributed by atoms with van der Waals surface area (Å²) in [6.07, 6.45) is 0. The predicted molar refractivity (Wildman–Crippen MR) is 104 cm³/mol. The quantitative estimate of drug-likeness (QED) is 0.478. The first-order valence-electron chi connectivity index (χ1n) is 7.61. The van der Waals surface area contributed by atoms with Gasteiger partial charge in [0.25, 0.3) is 5.69 Å². The molecule has 2 N–H and O–H groups in total. The SMILES string of the molecule is CCN(CC)CCN(CCO)c1ccc(NC)c([N+](=O)[O-])c1.Cl.Cl. The van der Waals surface area contributed by atoms with Gasteiger partial charge >= 0.3 is 0 Å². The number of hydrogen-bond donors (Lipinski definition) is 2. The molecule has 0 atom stereocenters. The van der Waals surface area contributed by atoms with Crippen LogP contribution < -0.4 is 10.2 Å². The van der Waals surface area contributed by atoms with Gasteiger partial charge in [0.05, 0.1) is 11.5 Å². The van der Waals surface area contributed by atoms with Crippen molar-refractivity contribution in [1.82, 2.24) is 4.90 Å². The average molecular weight is 383 g/mol. The number of nitrogens with one attached hydrogen (secondary N) is 1. The van der Waals surface area contributed by atoms with E-state index in [1.54, 1.807) is 19.2 Å². The van der Waals surface area contributed by atoms with Gasteiger partial charge in [0.2, 0.25) is 0 Å². The highest BCUT2D eigenvalue weighted by Gasteiger charge is 2.16. The summed E-state index contributed by atoms with van der Waals surface area (Å²) in [5, 5.41) is 23.2. The molecule has 0 radical (unpaired) electrons. The molecule has 9 heteroatoms. The number of nitro benzene ring substituents is 1. The van der Waals surface area contributed by atoms with Gasteiger partial charge in [0, 0.05) is 38.4 Å². The van der Waals surface area contributed by atoms with Crippen LogP contribution in [0.15, 0.2) is 18.2 Å². The number of nitrogens with zero attached hydrogens (tertiary/aromatic N) is 3. The number of rotatable bonds is 10. The van der Waals surface area contributed by atoms with E-state index in [4.69, 9.17) is 0 Å². The van der Waals surface area contributed by atoms with Crippen molar-refractivity contribution >= 4 is 41.9 Å². The Morgan fingerprint density at radius 2 is 1.79 bits per heavy atom. The molecule has 0 unspecified atom stereocenters. The lowest BCUT2D eigenvalue weighted by Gasteiger charge is -2.27. The maximum Gasteiger partial charge on any atom is 0.294 e. The van der Waals surface area contributed by atoms with Gasteiger partial charge in [-0.05, 0) is 25.2 Å². The molecule has 0 aliphatic carbocycles. The van der Waals surface area contributed by atoms with E-state index in [2.05, 4.69) is 24.1 Å². The topological polar surface area (TPSA) is 81.9 Å². The Morgan fingerprint density at radius 1 is 1.17 bits per heavy atom. The third-order valence-electron chi connectivity index (χ3n) is 3.76. The molecular weight excluding hydrogens is 355 g/mol. The fourth-order valence-corrected chi connectivity index (χ4v) is 2.37. The zero-order valence-corrected chi connectivity index (χ0v) is 16.0. The fourth-order valence-electron chi connectivity index (χ4n) is 2.37. The Labute approximate surface area is 156 Å². The van der Waals surface area contributed by atoms with Crippen LogP contribution in [0.1, 0.15) is 13.8 Å². The van der Waals surface area contributed by atoms with Crippen LogP contribution in [0.3, 0.4) is 0 Å². The van der Waals surface area contributed by atoms with Crippen molar-refractivity contribution < 1.29 is 10.0 Å². The number of anilines is 2. The Hall–Kier alpha value is -1.28. The minimum Gasteiger partial charge on any atom is -0.395 e. The average Bonchev–Trinajstić information content (AvgIpc) is 2.54. The second-order valence-corrected chi connectivity index (χ2v) is 4.95. The molecule has 0 aromatic heterocycles. The standard InChI is InChI=1S/C15H26N4O3.2ClH/c1-4-17(5-2)8-9-18(10-11-20)13-6-7-14(16-3)15(12-13)19(21)22;;/h6-7,12,16,20H,4-5,8-11H2,1-3H3;2*1H. The normalized spacial score (nSPS) is 9.88. The summed E-state index contributed by atoms with van der Waals surface area (Å²) < 4.78 is 0. The summed E-state index contributed by atoms with van der Waals surface area (Å²) in [7, 11) is 1.66. The zero-order chi connectivity index (χ0) is 16.5. The summed E-state index contributed by atoms with van der Waals surface area (Å²) in [5.74, 6) is 0. The molecule has 24 heavy (non-hydrogen) atoms. The molecular formula is C15H28Cl2N4O3. The number of hydrogen-bond acceptors (Lipinski definition) is 6. The first-order chi connectivity index (χ1) is 10.6. The number of likely N-dealkylation sites (N-methyl/N-ethyl adjacent to an activating group) is 1. The van der Waals surface area contributed by atoms with Crippen LogP contribution in [0.4, 0.5) is 17.1 Å². The van der Waals surface area contributed by atoms with Crippen molar-refractivity contribution in [3.05, 3.63) is 28.3 Å². The van der Waals surface area contributed by atoms with Crippen LogP contribution >= 0.6 is 24.8 Å². The number of halogens is 2. The second-order valence-electron chi connectivity index (χ2n) is 4.95. The number of benzene rings is 1.